The second-order valence-corrected chi connectivity index (χ2v) is 5.88. The molecule has 0 saturated heterocycles. The van der Waals surface area contributed by atoms with E-state index in [9.17, 15) is 0 Å². The minimum Gasteiger partial charge on any atom is -0.493 e. The van der Waals surface area contributed by atoms with Crippen LogP contribution in [0.1, 0.15) is 18.4 Å². The van der Waals surface area contributed by atoms with E-state index < -0.39 is 0 Å². The van der Waals surface area contributed by atoms with Crippen LogP contribution in [0.15, 0.2) is 18.2 Å². The number of alkyl halides is 3. The van der Waals surface area contributed by atoms with E-state index in [1.807, 2.05) is 18.2 Å². The van der Waals surface area contributed by atoms with Gasteiger partial charge < -0.3 is 9.47 Å². The maximum absolute atomic E-state index is 5.70. The van der Waals surface area contributed by atoms with E-state index >= 15 is 0 Å². The van der Waals surface area contributed by atoms with E-state index in [1.165, 1.54) is 5.56 Å². The molecule has 0 aromatic heterocycles. The predicted octanol–water partition coefficient (Wildman–Crippen LogP) is 4.91. The number of hydrogen-bond acceptors (Lipinski definition) is 2. The van der Waals surface area contributed by atoms with Gasteiger partial charge in [0.15, 0.2) is 0 Å². The SMILES string of the molecule is BrCCCOc1cc(CBr)cc(OCCCBr)c1. The summed E-state index contributed by atoms with van der Waals surface area (Å²) in [6.07, 6.45) is 2.00. The van der Waals surface area contributed by atoms with E-state index in [-0.39, 0.29) is 0 Å². The Hall–Kier alpha value is 0.260. The predicted molar refractivity (Wildman–Crippen MR) is 86.9 cm³/mol. The Morgan fingerprint density at radius 2 is 1.28 bits per heavy atom. The van der Waals surface area contributed by atoms with Gasteiger partial charge in [-0.1, -0.05) is 47.8 Å². The van der Waals surface area contributed by atoms with Gasteiger partial charge in [-0.05, 0) is 30.5 Å². The summed E-state index contributed by atoms with van der Waals surface area (Å²) in [5.41, 5.74) is 1.17. The molecular formula is C13H17Br3O2. The molecule has 1 rings (SSSR count). The second kappa shape index (κ2) is 10.1. The first-order valence-electron chi connectivity index (χ1n) is 5.87. The number of ether oxygens (including phenoxy) is 2. The molecule has 0 aliphatic carbocycles. The molecule has 0 atom stereocenters. The highest BCUT2D eigenvalue weighted by atomic mass is 79.9. The molecule has 18 heavy (non-hydrogen) atoms. The van der Waals surface area contributed by atoms with E-state index in [0.717, 1.165) is 53.5 Å². The monoisotopic (exact) mass is 442 g/mol. The summed E-state index contributed by atoms with van der Waals surface area (Å²) in [5, 5.41) is 2.72. The lowest BCUT2D eigenvalue weighted by molar-refractivity contribution is 0.303. The minimum absolute atomic E-state index is 0.720. The molecule has 102 valence electrons. The van der Waals surface area contributed by atoms with Gasteiger partial charge in [0.25, 0.3) is 0 Å². The van der Waals surface area contributed by atoms with Crippen LogP contribution in [0, 0.1) is 0 Å². The van der Waals surface area contributed by atoms with Crippen LogP contribution in [-0.4, -0.2) is 23.9 Å². The van der Waals surface area contributed by atoms with Crippen molar-refractivity contribution in [3.63, 3.8) is 0 Å². The van der Waals surface area contributed by atoms with Crippen molar-refractivity contribution in [2.24, 2.45) is 0 Å². The summed E-state index contributed by atoms with van der Waals surface area (Å²) in [4.78, 5) is 0. The molecule has 0 fully saturated rings. The first-order chi connectivity index (χ1) is 8.80. The zero-order valence-corrected chi connectivity index (χ0v) is 14.9. The molecule has 0 amide bonds. The van der Waals surface area contributed by atoms with Gasteiger partial charge >= 0.3 is 0 Å². The Balaban J connectivity index is 2.62. The minimum atomic E-state index is 0.720. The molecule has 1 aromatic carbocycles. The first-order valence-corrected chi connectivity index (χ1v) is 9.24. The van der Waals surface area contributed by atoms with Gasteiger partial charge in [-0.2, -0.15) is 0 Å². The highest BCUT2D eigenvalue weighted by Crippen LogP contribution is 2.24. The highest BCUT2D eigenvalue weighted by molar-refractivity contribution is 9.09. The van der Waals surface area contributed by atoms with Crippen LogP contribution >= 0.6 is 47.8 Å². The average Bonchev–Trinajstić information content (AvgIpc) is 2.39. The lowest BCUT2D eigenvalue weighted by atomic mass is 10.2. The van der Waals surface area contributed by atoms with Crippen LogP contribution in [0.25, 0.3) is 0 Å². The van der Waals surface area contributed by atoms with E-state index in [0.29, 0.717) is 0 Å². The quantitative estimate of drug-likeness (QED) is 0.398. The molecule has 0 bridgehead atoms. The smallest absolute Gasteiger partial charge is 0.123 e. The fourth-order valence-electron chi connectivity index (χ4n) is 1.36. The van der Waals surface area contributed by atoms with Crippen molar-refractivity contribution in [1.82, 2.24) is 0 Å². The fourth-order valence-corrected chi connectivity index (χ4v) is 2.15. The van der Waals surface area contributed by atoms with Gasteiger partial charge in [-0.15, -0.1) is 0 Å². The van der Waals surface area contributed by atoms with E-state index in [1.54, 1.807) is 0 Å². The summed E-state index contributed by atoms with van der Waals surface area (Å²) >= 11 is 10.2. The van der Waals surface area contributed by atoms with Gasteiger partial charge in [0.05, 0.1) is 13.2 Å². The molecule has 2 nitrogen and oxygen atoms in total. The van der Waals surface area contributed by atoms with Crippen LogP contribution in [0.3, 0.4) is 0 Å². The molecule has 0 saturated carbocycles. The number of halogens is 3. The summed E-state index contributed by atoms with van der Waals surface area (Å²) in [5.74, 6) is 1.75. The van der Waals surface area contributed by atoms with Gasteiger partial charge in [0, 0.05) is 22.1 Å². The van der Waals surface area contributed by atoms with Gasteiger partial charge in [-0.3, -0.25) is 0 Å². The van der Waals surface area contributed by atoms with Gasteiger partial charge in [0.2, 0.25) is 0 Å². The second-order valence-electron chi connectivity index (χ2n) is 3.73. The maximum Gasteiger partial charge on any atom is 0.123 e. The summed E-state index contributed by atoms with van der Waals surface area (Å²) < 4.78 is 11.4. The summed E-state index contributed by atoms with van der Waals surface area (Å²) in [6.45, 7) is 1.44. The molecule has 0 unspecified atom stereocenters. The van der Waals surface area contributed by atoms with Crippen molar-refractivity contribution in [3.05, 3.63) is 23.8 Å². The Morgan fingerprint density at radius 1 is 0.778 bits per heavy atom. The molecular weight excluding hydrogens is 428 g/mol. The lowest BCUT2D eigenvalue weighted by Gasteiger charge is -2.11. The van der Waals surface area contributed by atoms with Crippen molar-refractivity contribution in [2.45, 2.75) is 18.2 Å². The van der Waals surface area contributed by atoms with Crippen LogP contribution < -0.4 is 9.47 Å². The topological polar surface area (TPSA) is 18.5 Å². The molecule has 0 aliphatic rings. The molecule has 0 aliphatic heterocycles. The third-order valence-corrected chi connectivity index (χ3v) is 3.96. The van der Waals surface area contributed by atoms with Crippen molar-refractivity contribution >= 4 is 47.8 Å². The van der Waals surface area contributed by atoms with Crippen molar-refractivity contribution in [1.29, 1.82) is 0 Å². The third-order valence-electron chi connectivity index (χ3n) is 2.19. The largest absolute Gasteiger partial charge is 0.493 e. The Morgan fingerprint density at radius 3 is 1.67 bits per heavy atom. The molecule has 5 heteroatoms. The number of benzene rings is 1. The highest BCUT2D eigenvalue weighted by Gasteiger charge is 2.03. The van der Waals surface area contributed by atoms with Crippen molar-refractivity contribution < 1.29 is 9.47 Å². The lowest BCUT2D eigenvalue weighted by Crippen LogP contribution is -2.01. The standard InChI is InChI=1S/C13H17Br3O2/c14-3-1-5-17-12-7-11(10-16)8-13(9-12)18-6-2-4-15/h7-9H,1-6,10H2. The van der Waals surface area contributed by atoms with Crippen LogP contribution in [0.5, 0.6) is 11.5 Å². The molecule has 0 N–H and O–H groups in total. The molecule has 1 aromatic rings. The summed E-state index contributed by atoms with van der Waals surface area (Å²) in [7, 11) is 0. The number of hydrogen-bond donors (Lipinski definition) is 0. The van der Waals surface area contributed by atoms with E-state index in [4.69, 9.17) is 9.47 Å². The molecule has 0 radical (unpaired) electrons. The van der Waals surface area contributed by atoms with Gasteiger partial charge in [0.1, 0.15) is 11.5 Å². The molecule has 0 spiro atoms. The number of rotatable bonds is 9. The average molecular weight is 445 g/mol. The maximum atomic E-state index is 5.70. The Labute approximate surface area is 134 Å². The fraction of sp³-hybridized carbons (Fsp3) is 0.538. The first kappa shape index (κ1) is 16.3. The molecule has 0 heterocycles. The Kier molecular flexibility index (Phi) is 9.15. The van der Waals surface area contributed by atoms with Crippen LogP contribution in [0.2, 0.25) is 0 Å². The summed E-state index contributed by atoms with van der Waals surface area (Å²) in [6, 6.07) is 6.04. The zero-order valence-electron chi connectivity index (χ0n) is 10.1. The van der Waals surface area contributed by atoms with E-state index in [2.05, 4.69) is 47.8 Å². The van der Waals surface area contributed by atoms with Crippen LogP contribution in [-0.2, 0) is 5.33 Å². The normalized spacial score (nSPS) is 10.4. The van der Waals surface area contributed by atoms with Crippen LogP contribution in [0.4, 0.5) is 0 Å². The third kappa shape index (κ3) is 6.43. The Bertz CT molecular complexity index is 317. The zero-order chi connectivity index (χ0) is 13.2. The van der Waals surface area contributed by atoms with Gasteiger partial charge in [-0.25, -0.2) is 0 Å². The van der Waals surface area contributed by atoms with Crippen molar-refractivity contribution in [2.75, 3.05) is 23.9 Å². The van der Waals surface area contributed by atoms with Crippen molar-refractivity contribution in [3.8, 4) is 11.5 Å².